The number of nitrogens with zero attached hydrogens (tertiary/aromatic N) is 5. The highest BCUT2D eigenvalue weighted by Crippen LogP contribution is 2.37. The molecule has 1 unspecified atom stereocenters. The number of halogens is 3. The fourth-order valence-electron chi connectivity index (χ4n) is 4.15. The summed E-state index contributed by atoms with van der Waals surface area (Å²) in [6.07, 6.45) is -2.42. The average molecular weight is 439 g/mol. The van der Waals surface area contributed by atoms with Crippen molar-refractivity contribution in [3.8, 4) is 11.3 Å². The van der Waals surface area contributed by atoms with E-state index in [9.17, 15) is 18.3 Å². The van der Waals surface area contributed by atoms with E-state index in [1.807, 2.05) is 30.3 Å². The van der Waals surface area contributed by atoms with Crippen LogP contribution in [0.15, 0.2) is 67.0 Å². The normalized spacial score (nSPS) is 16.2. The molecule has 9 heteroatoms. The van der Waals surface area contributed by atoms with Gasteiger partial charge in [-0.25, -0.2) is 4.98 Å². The zero-order valence-corrected chi connectivity index (χ0v) is 16.9. The van der Waals surface area contributed by atoms with Crippen LogP contribution >= 0.6 is 0 Å². The highest BCUT2D eigenvalue weighted by molar-refractivity contribution is 5.76. The fraction of sp³-hybridized carbons (Fsp3) is 0.261. The second-order valence-corrected chi connectivity index (χ2v) is 7.84. The molecule has 1 atom stereocenters. The Morgan fingerprint density at radius 3 is 2.41 bits per heavy atom. The molecule has 1 aliphatic heterocycles. The highest BCUT2D eigenvalue weighted by atomic mass is 19.4. The van der Waals surface area contributed by atoms with Crippen LogP contribution in [-0.2, 0) is 6.54 Å². The summed E-state index contributed by atoms with van der Waals surface area (Å²) < 4.78 is 40.7. The molecular formula is C23H20F3N5O. The zero-order chi connectivity index (χ0) is 22.3. The summed E-state index contributed by atoms with van der Waals surface area (Å²) in [5.41, 5.74) is 3.29. The molecule has 0 aliphatic carbocycles. The van der Waals surface area contributed by atoms with Gasteiger partial charge < -0.3 is 9.67 Å². The van der Waals surface area contributed by atoms with Crippen molar-refractivity contribution in [1.82, 2.24) is 24.4 Å². The lowest BCUT2D eigenvalue weighted by Crippen LogP contribution is -2.48. The van der Waals surface area contributed by atoms with Crippen LogP contribution in [0.1, 0.15) is 23.7 Å². The molecule has 0 radical (unpaired) electrons. The van der Waals surface area contributed by atoms with E-state index in [-0.39, 0.29) is 11.7 Å². The van der Waals surface area contributed by atoms with Gasteiger partial charge in [-0.2, -0.15) is 13.2 Å². The lowest BCUT2D eigenvalue weighted by atomic mass is 9.92. The molecule has 0 spiro atoms. The highest BCUT2D eigenvalue weighted by Gasteiger charge is 2.39. The van der Waals surface area contributed by atoms with Crippen LogP contribution < -0.4 is 0 Å². The molecule has 1 fully saturated rings. The van der Waals surface area contributed by atoms with Crippen molar-refractivity contribution in [2.24, 2.45) is 0 Å². The maximum atomic E-state index is 13.2. The van der Waals surface area contributed by atoms with Crippen molar-refractivity contribution in [3.63, 3.8) is 0 Å². The van der Waals surface area contributed by atoms with E-state index in [4.69, 9.17) is 0 Å². The molecule has 0 amide bonds. The van der Waals surface area contributed by atoms with Crippen LogP contribution in [0.5, 0.6) is 0 Å². The quantitative estimate of drug-likeness (QED) is 0.506. The van der Waals surface area contributed by atoms with E-state index in [1.165, 1.54) is 0 Å². The van der Waals surface area contributed by atoms with E-state index in [0.717, 1.165) is 21.5 Å². The van der Waals surface area contributed by atoms with Gasteiger partial charge >= 0.3 is 6.18 Å². The van der Waals surface area contributed by atoms with Gasteiger partial charge in [-0.1, -0.05) is 42.5 Å². The standard InChI is InChI=1S/C23H20F3N5O/c24-23(25,26)14-31-18-9-5-4-8-17(18)29-21(31)22(32)30-12-16(13-30)20-19(27-10-11-28-20)15-6-2-1-3-7-15/h1-11,16,22,32H,12-14H2. The number of imidazole rings is 1. The molecule has 1 aliphatic rings. The molecule has 1 saturated heterocycles. The van der Waals surface area contributed by atoms with Gasteiger partial charge in [0.15, 0.2) is 12.1 Å². The first kappa shape index (κ1) is 20.6. The molecule has 0 saturated carbocycles. The van der Waals surface area contributed by atoms with Crippen LogP contribution in [0, 0.1) is 0 Å². The molecule has 5 rings (SSSR count). The number of aliphatic hydroxyl groups is 1. The zero-order valence-electron chi connectivity index (χ0n) is 16.9. The maximum absolute atomic E-state index is 13.2. The third kappa shape index (κ3) is 3.85. The number of benzene rings is 2. The van der Waals surface area contributed by atoms with Crippen molar-refractivity contribution in [1.29, 1.82) is 0 Å². The SMILES string of the molecule is OC(c1nc2ccccc2n1CC(F)(F)F)N1CC(c2nccnc2-c2ccccc2)C1. The van der Waals surface area contributed by atoms with Crippen LogP contribution in [0.2, 0.25) is 0 Å². The van der Waals surface area contributed by atoms with Gasteiger partial charge in [0.25, 0.3) is 0 Å². The van der Waals surface area contributed by atoms with Gasteiger partial charge in [0.1, 0.15) is 6.54 Å². The van der Waals surface area contributed by atoms with Crippen LogP contribution in [0.3, 0.4) is 0 Å². The minimum absolute atomic E-state index is 0.00833. The topological polar surface area (TPSA) is 67.1 Å². The number of rotatable bonds is 5. The van der Waals surface area contributed by atoms with Crippen molar-refractivity contribution < 1.29 is 18.3 Å². The smallest absolute Gasteiger partial charge is 0.371 e. The predicted molar refractivity (Wildman–Crippen MR) is 113 cm³/mol. The Morgan fingerprint density at radius 1 is 0.969 bits per heavy atom. The Kier molecular flexibility index (Phi) is 5.15. The summed E-state index contributed by atoms with van der Waals surface area (Å²) in [5, 5.41) is 10.9. The Bertz CT molecular complexity index is 1240. The van der Waals surface area contributed by atoms with Crippen LogP contribution in [0.4, 0.5) is 13.2 Å². The summed E-state index contributed by atoms with van der Waals surface area (Å²) in [6.45, 7) is -0.330. The van der Waals surface area contributed by atoms with Gasteiger partial charge in [-0.05, 0) is 12.1 Å². The monoisotopic (exact) mass is 439 g/mol. The molecule has 164 valence electrons. The Morgan fingerprint density at radius 2 is 1.66 bits per heavy atom. The van der Waals surface area contributed by atoms with Gasteiger partial charge in [-0.15, -0.1) is 0 Å². The number of hydrogen-bond donors (Lipinski definition) is 1. The largest absolute Gasteiger partial charge is 0.406 e. The number of fused-ring (bicyclic) bond motifs is 1. The Hall–Kier alpha value is -3.30. The second kappa shape index (κ2) is 7.99. The molecule has 32 heavy (non-hydrogen) atoms. The lowest BCUT2D eigenvalue weighted by molar-refractivity contribution is -0.142. The predicted octanol–water partition coefficient (Wildman–Crippen LogP) is 4.15. The summed E-state index contributed by atoms with van der Waals surface area (Å²) in [4.78, 5) is 15.0. The molecule has 2 aromatic heterocycles. The number of likely N-dealkylation sites (tertiary alicyclic amines) is 1. The maximum Gasteiger partial charge on any atom is 0.406 e. The second-order valence-electron chi connectivity index (χ2n) is 7.84. The molecule has 0 bridgehead atoms. The van der Waals surface area contributed by atoms with E-state index in [1.54, 1.807) is 41.6 Å². The first-order valence-corrected chi connectivity index (χ1v) is 10.2. The van der Waals surface area contributed by atoms with E-state index in [0.29, 0.717) is 24.1 Å². The van der Waals surface area contributed by atoms with Crippen molar-refractivity contribution in [2.45, 2.75) is 24.9 Å². The van der Waals surface area contributed by atoms with E-state index in [2.05, 4.69) is 15.0 Å². The summed E-state index contributed by atoms with van der Waals surface area (Å²) in [6, 6.07) is 16.3. The summed E-state index contributed by atoms with van der Waals surface area (Å²) in [7, 11) is 0. The fourth-order valence-corrected chi connectivity index (χ4v) is 4.15. The molecular weight excluding hydrogens is 419 g/mol. The lowest BCUT2D eigenvalue weighted by Gasteiger charge is -2.41. The summed E-state index contributed by atoms with van der Waals surface area (Å²) in [5.74, 6) is -0.00148. The van der Waals surface area contributed by atoms with Crippen LogP contribution in [0.25, 0.3) is 22.3 Å². The van der Waals surface area contributed by atoms with Crippen molar-refractivity contribution in [2.75, 3.05) is 13.1 Å². The number of para-hydroxylation sites is 2. The molecule has 3 heterocycles. The number of hydrogen-bond acceptors (Lipinski definition) is 5. The number of aromatic nitrogens is 4. The summed E-state index contributed by atoms with van der Waals surface area (Å²) >= 11 is 0. The molecule has 1 N–H and O–H groups in total. The molecule has 6 nitrogen and oxygen atoms in total. The van der Waals surface area contributed by atoms with Gasteiger partial charge in [-0.3, -0.25) is 14.9 Å². The third-order valence-corrected chi connectivity index (χ3v) is 5.67. The Labute approximate surface area is 182 Å². The Balaban J connectivity index is 1.40. The number of alkyl halides is 3. The van der Waals surface area contributed by atoms with Gasteiger partial charge in [0.2, 0.25) is 0 Å². The first-order valence-electron chi connectivity index (χ1n) is 10.2. The van der Waals surface area contributed by atoms with E-state index >= 15 is 0 Å². The van der Waals surface area contributed by atoms with Gasteiger partial charge in [0, 0.05) is 37.0 Å². The van der Waals surface area contributed by atoms with Crippen LogP contribution in [-0.4, -0.2) is 48.8 Å². The average Bonchev–Trinajstić information content (AvgIpc) is 3.11. The number of aliphatic hydroxyl groups excluding tert-OH is 1. The third-order valence-electron chi connectivity index (χ3n) is 5.67. The minimum Gasteiger partial charge on any atom is -0.371 e. The van der Waals surface area contributed by atoms with Gasteiger partial charge in [0.05, 0.1) is 22.4 Å². The first-order chi connectivity index (χ1) is 15.4. The molecule has 4 aromatic rings. The van der Waals surface area contributed by atoms with Crippen molar-refractivity contribution in [3.05, 3.63) is 78.5 Å². The molecule has 2 aromatic carbocycles. The van der Waals surface area contributed by atoms with E-state index < -0.39 is 18.9 Å². The van der Waals surface area contributed by atoms with Crippen molar-refractivity contribution >= 4 is 11.0 Å². The minimum atomic E-state index is -4.43.